The third kappa shape index (κ3) is 5.03. The molecule has 1 aliphatic heterocycles. The van der Waals surface area contributed by atoms with Gasteiger partial charge in [0.2, 0.25) is 5.91 Å². The van der Waals surface area contributed by atoms with E-state index in [0.717, 1.165) is 11.1 Å². The number of amides is 3. The van der Waals surface area contributed by atoms with Crippen molar-refractivity contribution in [1.29, 1.82) is 0 Å². The number of carboxylic acids is 1. The second-order valence-corrected chi connectivity index (χ2v) is 6.59. The van der Waals surface area contributed by atoms with Crippen molar-refractivity contribution in [3.8, 4) is 0 Å². The number of imide groups is 1. The number of benzene rings is 1. The molecule has 0 bridgehead atoms. The van der Waals surface area contributed by atoms with Crippen molar-refractivity contribution in [3.63, 3.8) is 0 Å². The van der Waals surface area contributed by atoms with Gasteiger partial charge in [0.05, 0.1) is 12.0 Å². The van der Waals surface area contributed by atoms with E-state index < -0.39 is 23.9 Å². The third-order valence-electron chi connectivity index (χ3n) is 4.67. The second-order valence-electron chi connectivity index (χ2n) is 6.59. The molecule has 7 heteroatoms. The maximum Gasteiger partial charge on any atom is 0.325 e. The molecule has 0 saturated carbocycles. The van der Waals surface area contributed by atoms with Crippen LogP contribution in [0.25, 0.3) is 0 Å². The maximum atomic E-state index is 12.3. The normalized spacial score (nSPS) is 16.9. The maximum absolute atomic E-state index is 12.3. The number of nitrogens with zero attached hydrogens (tertiary/aromatic N) is 1. The summed E-state index contributed by atoms with van der Waals surface area (Å²) in [6.45, 7) is 6.64. The van der Waals surface area contributed by atoms with E-state index in [4.69, 9.17) is 5.11 Å². The smallest absolute Gasteiger partial charge is 0.325 e. The number of aryl methyl sites for hydroxylation is 2. The van der Waals surface area contributed by atoms with Crippen LogP contribution in [0.5, 0.6) is 0 Å². The van der Waals surface area contributed by atoms with E-state index >= 15 is 0 Å². The summed E-state index contributed by atoms with van der Waals surface area (Å²) in [5, 5.41) is 14.1. The van der Waals surface area contributed by atoms with Crippen LogP contribution in [0.15, 0.2) is 18.2 Å². The minimum absolute atomic E-state index is 0.348. The van der Waals surface area contributed by atoms with Crippen molar-refractivity contribution in [2.45, 2.75) is 39.7 Å². The zero-order valence-electron chi connectivity index (χ0n) is 14.8. The van der Waals surface area contributed by atoms with Gasteiger partial charge >= 0.3 is 12.0 Å². The summed E-state index contributed by atoms with van der Waals surface area (Å²) in [6.07, 6.45) is 1.03. The van der Waals surface area contributed by atoms with Crippen molar-refractivity contribution in [1.82, 2.24) is 10.2 Å². The lowest BCUT2D eigenvalue weighted by molar-refractivity contribution is -0.143. The van der Waals surface area contributed by atoms with Gasteiger partial charge < -0.3 is 10.4 Å². The van der Waals surface area contributed by atoms with Crippen LogP contribution < -0.4 is 10.6 Å². The standard InChI is InChI=1S/C18H25N3O4/c1-11-4-5-15(12(2)10-11)19-18(25)20-16(22)13(3)21-8-6-14(7-9-21)17(23)24/h4-5,10,13-14H,6-9H2,1-3H3,(H,23,24)(H2,19,20,22,25). The van der Waals surface area contributed by atoms with Gasteiger partial charge in [-0.15, -0.1) is 0 Å². The molecule has 2 rings (SSSR count). The van der Waals surface area contributed by atoms with Crippen molar-refractivity contribution in [2.75, 3.05) is 18.4 Å². The van der Waals surface area contributed by atoms with Crippen molar-refractivity contribution < 1.29 is 19.5 Å². The predicted molar refractivity (Wildman–Crippen MR) is 94.5 cm³/mol. The molecule has 1 aliphatic rings. The van der Waals surface area contributed by atoms with Gasteiger partial charge in [-0.3, -0.25) is 19.8 Å². The number of aliphatic carboxylic acids is 1. The number of carboxylic acid groups (broad SMARTS) is 1. The molecule has 3 N–H and O–H groups in total. The minimum atomic E-state index is -0.787. The highest BCUT2D eigenvalue weighted by atomic mass is 16.4. The van der Waals surface area contributed by atoms with Gasteiger partial charge in [-0.1, -0.05) is 17.7 Å². The fourth-order valence-corrected chi connectivity index (χ4v) is 3.02. The van der Waals surface area contributed by atoms with Gasteiger partial charge in [0.1, 0.15) is 0 Å². The van der Waals surface area contributed by atoms with Crippen LogP contribution in [0.3, 0.4) is 0 Å². The number of carbonyl (C=O) groups excluding carboxylic acids is 2. The number of anilines is 1. The van der Waals surface area contributed by atoms with Gasteiger partial charge in [-0.2, -0.15) is 0 Å². The Morgan fingerprint density at radius 2 is 1.84 bits per heavy atom. The van der Waals surface area contributed by atoms with E-state index in [2.05, 4.69) is 10.6 Å². The van der Waals surface area contributed by atoms with Gasteiger partial charge in [0.15, 0.2) is 0 Å². The number of hydrogen-bond acceptors (Lipinski definition) is 4. The van der Waals surface area contributed by atoms with E-state index in [0.29, 0.717) is 31.6 Å². The first-order valence-electron chi connectivity index (χ1n) is 8.44. The number of rotatable bonds is 4. The fraction of sp³-hybridized carbons (Fsp3) is 0.500. The topological polar surface area (TPSA) is 98.7 Å². The van der Waals surface area contributed by atoms with Crippen LogP contribution in [0.1, 0.15) is 30.9 Å². The average molecular weight is 347 g/mol. The Balaban J connectivity index is 1.86. The molecule has 0 aromatic heterocycles. The summed E-state index contributed by atoms with van der Waals surface area (Å²) in [5.41, 5.74) is 2.68. The van der Waals surface area contributed by atoms with Crippen LogP contribution in [0.2, 0.25) is 0 Å². The molecule has 1 saturated heterocycles. The Hall–Kier alpha value is -2.41. The lowest BCUT2D eigenvalue weighted by Gasteiger charge is -2.33. The zero-order valence-corrected chi connectivity index (χ0v) is 14.8. The molecular formula is C18H25N3O4. The predicted octanol–water partition coefficient (Wildman–Crippen LogP) is 2.14. The highest BCUT2D eigenvalue weighted by Crippen LogP contribution is 2.19. The summed E-state index contributed by atoms with van der Waals surface area (Å²) in [4.78, 5) is 37.2. The molecule has 7 nitrogen and oxygen atoms in total. The lowest BCUT2D eigenvalue weighted by atomic mass is 9.96. The Morgan fingerprint density at radius 3 is 2.40 bits per heavy atom. The first-order chi connectivity index (χ1) is 11.8. The van der Waals surface area contributed by atoms with Crippen LogP contribution in [0.4, 0.5) is 10.5 Å². The molecule has 1 heterocycles. The monoisotopic (exact) mass is 347 g/mol. The van der Waals surface area contributed by atoms with E-state index in [1.54, 1.807) is 13.0 Å². The Kier molecular flexibility index (Phi) is 6.14. The molecule has 3 amide bonds. The van der Waals surface area contributed by atoms with Crippen LogP contribution in [0, 0.1) is 19.8 Å². The summed E-state index contributed by atoms with van der Waals surface area (Å²) in [7, 11) is 0. The summed E-state index contributed by atoms with van der Waals surface area (Å²) >= 11 is 0. The number of likely N-dealkylation sites (tertiary alicyclic amines) is 1. The first-order valence-corrected chi connectivity index (χ1v) is 8.44. The van der Waals surface area contributed by atoms with Gasteiger partial charge in [-0.05, 0) is 58.3 Å². The Bertz CT molecular complexity index is 666. The molecule has 1 unspecified atom stereocenters. The molecule has 1 atom stereocenters. The quantitative estimate of drug-likeness (QED) is 0.775. The largest absolute Gasteiger partial charge is 0.481 e. The molecule has 25 heavy (non-hydrogen) atoms. The number of nitrogens with one attached hydrogen (secondary N) is 2. The number of urea groups is 1. The molecule has 1 aromatic rings. The van der Waals surface area contributed by atoms with Crippen LogP contribution >= 0.6 is 0 Å². The average Bonchev–Trinajstić information content (AvgIpc) is 2.56. The van der Waals surface area contributed by atoms with Crippen molar-refractivity contribution in [2.24, 2.45) is 5.92 Å². The molecular weight excluding hydrogens is 322 g/mol. The second kappa shape index (κ2) is 8.11. The van der Waals surface area contributed by atoms with E-state index in [9.17, 15) is 14.4 Å². The molecule has 136 valence electrons. The zero-order chi connectivity index (χ0) is 18.6. The highest BCUT2D eigenvalue weighted by Gasteiger charge is 2.30. The SMILES string of the molecule is Cc1ccc(NC(=O)NC(=O)C(C)N2CCC(C(=O)O)CC2)c(C)c1. The van der Waals surface area contributed by atoms with Gasteiger partial charge in [0, 0.05) is 5.69 Å². The molecule has 0 radical (unpaired) electrons. The Morgan fingerprint density at radius 1 is 1.20 bits per heavy atom. The number of piperidine rings is 1. The molecule has 0 spiro atoms. The Labute approximate surface area is 147 Å². The number of carbonyl (C=O) groups is 3. The molecule has 1 aromatic carbocycles. The van der Waals surface area contributed by atoms with E-state index in [1.165, 1.54) is 0 Å². The van der Waals surface area contributed by atoms with E-state index in [-0.39, 0.29) is 5.92 Å². The number of hydrogen-bond donors (Lipinski definition) is 3. The third-order valence-corrected chi connectivity index (χ3v) is 4.67. The molecule has 0 aliphatic carbocycles. The van der Waals surface area contributed by atoms with Gasteiger partial charge in [0.25, 0.3) is 0 Å². The van der Waals surface area contributed by atoms with Crippen LogP contribution in [-0.2, 0) is 9.59 Å². The van der Waals surface area contributed by atoms with Gasteiger partial charge in [-0.25, -0.2) is 4.79 Å². The highest BCUT2D eigenvalue weighted by molar-refractivity contribution is 6.03. The summed E-state index contributed by atoms with van der Waals surface area (Å²) < 4.78 is 0. The molecule has 1 fully saturated rings. The van der Waals surface area contributed by atoms with Crippen LogP contribution in [-0.4, -0.2) is 47.0 Å². The summed E-state index contributed by atoms with van der Waals surface area (Å²) in [6, 6.07) is 4.59. The first kappa shape index (κ1) is 18.9. The lowest BCUT2D eigenvalue weighted by Crippen LogP contribution is -2.50. The fourth-order valence-electron chi connectivity index (χ4n) is 3.02. The van der Waals surface area contributed by atoms with E-state index in [1.807, 2.05) is 30.9 Å². The van der Waals surface area contributed by atoms with Crippen molar-refractivity contribution in [3.05, 3.63) is 29.3 Å². The van der Waals surface area contributed by atoms with Crippen molar-refractivity contribution >= 4 is 23.6 Å². The summed E-state index contributed by atoms with van der Waals surface area (Å²) in [5.74, 6) is -1.53. The minimum Gasteiger partial charge on any atom is -0.481 e.